The first kappa shape index (κ1) is 27.2. The summed E-state index contributed by atoms with van der Waals surface area (Å²) in [6.07, 6.45) is 6.59. The molecule has 7 rings (SSSR count). The van der Waals surface area contributed by atoms with Gasteiger partial charge in [0.05, 0.1) is 36.8 Å². The van der Waals surface area contributed by atoms with Crippen LogP contribution in [0, 0.1) is 5.41 Å². The molecule has 2 atom stereocenters. The SMILES string of the molecule is O=C(N1CCC(O)(Cn2cnc(-c3ccc4c(c3)OCC4)cc2=O)C2(CCCC2)C1)N1CCNC[C@H]1c1ccccc1. The highest BCUT2D eigenvalue weighted by Gasteiger charge is 2.56. The average Bonchev–Trinajstić information content (AvgIpc) is 3.70. The molecule has 0 radical (unpaired) electrons. The Labute approximate surface area is 246 Å². The highest BCUT2D eigenvalue weighted by Crippen LogP contribution is 2.52. The van der Waals surface area contributed by atoms with Gasteiger partial charge in [0.25, 0.3) is 5.56 Å². The van der Waals surface area contributed by atoms with Crippen LogP contribution in [0.3, 0.4) is 0 Å². The van der Waals surface area contributed by atoms with Crippen molar-refractivity contribution in [3.63, 3.8) is 0 Å². The molecule has 3 aliphatic heterocycles. The molecular formula is C33H39N5O4. The van der Waals surface area contributed by atoms with E-state index in [0.717, 1.165) is 62.1 Å². The van der Waals surface area contributed by atoms with Crippen LogP contribution in [0.15, 0.2) is 65.7 Å². The largest absolute Gasteiger partial charge is 0.493 e. The monoisotopic (exact) mass is 569 g/mol. The first-order valence-electron chi connectivity index (χ1n) is 15.3. The third kappa shape index (κ3) is 4.78. The number of nitrogens with one attached hydrogen (secondary N) is 1. The van der Waals surface area contributed by atoms with Gasteiger partial charge in [-0.05, 0) is 36.5 Å². The number of carbonyl (C=O) groups excluding carboxylic acids is 1. The highest BCUT2D eigenvalue weighted by molar-refractivity contribution is 5.75. The number of ether oxygens (including phenoxy) is 1. The Kier molecular flexibility index (Phi) is 7.02. The van der Waals surface area contributed by atoms with Crippen molar-refractivity contribution in [2.75, 3.05) is 39.3 Å². The Morgan fingerprint density at radius 1 is 1.07 bits per heavy atom. The molecule has 220 valence electrons. The minimum atomic E-state index is -1.10. The minimum absolute atomic E-state index is 0.0202. The van der Waals surface area contributed by atoms with Crippen molar-refractivity contribution in [1.29, 1.82) is 0 Å². The van der Waals surface area contributed by atoms with Gasteiger partial charge >= 0.3 is 6.03 Å². The smallest absolute Gasteiger partial charge is 0.320 e. The lowest BCUT2D eigenvalue weighted by molar-refractivity contribution is -0.137. The molecule has 3 fully saturated rings. The van der Waals surface area contributed by atoms with E-state index >= 15 is 0 Å². The molecule has 1 unspecified atom stereocenters. The maximum Gasteiger partial charge on any atom is 0.320 e. The number of nitrogens with zero attached hydrogens (tertiary/aromatic N) is 4. The number of urea groups is 1. The number of aromatic nitrogens is 2. The molecule has 3 aromatic rings. The second-order valence-electron chi connectivity index (χ2n) is 12.5. The molecule has 9 heteroatoms. The number of carbonyl (C=O) groups is 1. The number of hydrogen-bond donors (Lipinski definition) is 2. The fourth-order valence-corrected chi connectivity index (χ4v) is 7.66. The van der Waals surface area contributed by atoms with Gasteiger partial charge in [-0.25, -0.2) is 9.78 Å². The van der Waals surface area contributed by atoms with Gasteiger partial charge in [0.1, 0.15) is 5.75 Å². The van der Waals surface area contributed by atoms with Crippen LogP contribution in [0.2, 0.25) is 0 Å². The van der Waals surface area contributed by atoms with E-state index in [-0.39, 0.29) is 24.2 Å². The number of rotatable bonds is 4. The lowest BCUT2D eigenvalue weighted by atomic mass is 9.66. The molecule has 2 saturated heterocycles. The molecule has 0 bridgehead atoms. The van der Waals surface area contributed by atoms with Gasteiger partial charge in [-0.15, -0.1) is 0 Å². The standard InChI is InChI=1S/C33H39N5O4/c39-30-19-27(26-9-8-25-10-17-42-29(25)18-26)35-23-37(30)22-33(41)13-15-36(21-32(33)11-4-5-12-32)31(40)38-16-14-34-20-28(38)24-6-2-1-3-7-24/h1-3,6-9,18-19,23,28,34,41H,4-5,10-17,20-22H2/t28-,33?/m0/s1. The van der Waals surface area contributed by atoms with Crippen LogP contribution < -0.4 is 15.6 Å². The van der Waals surface area contributed by atoms with Crippen LogP contribution in [0.4, 0.5) is 4.79 Å². The summed E-state index contributed by atoms with van der Waals surface area (Å²) in [6, 6.07) is 17.7. The average molecular weight is 570 g/mol. The van der Waals surface area contributed by atoms with Crippen molar-refractivity contribution >= 4 is 6.03 Å². The van der Waals surface area contributed by atoms with Crippen LogP contribution in [0.25, 0.3) is 11.3 Å². The van der Waals surface area contributed by atoms with Gasteiger partial charge in [0.15, 0.2) is 0 Å². The maximum absolute atomic E-state index is 14.0. The predicted octanol–water partition coefficient (Wildman–Crippen LogP) is 3.61. The number of piperazine rings is 1. The summed E-state index contributed by atoms with van der Waals surface area (Å²) in [5.41, 5.74) is 2.01. The third-order valence-corrected chi connectivity index (χ3v) is 10.1. The van der Waals surface area contributed by atoms with Crippen molar-refractivity contribution in [2.45, 2.75) is 56.7 Å². The van der Waals surface area contributed by atoms with E-state index in [1.165, 1.54) is 5.56 Å². The molecule has 2 aromatic carbocycles. The first-order chi connectivity index (χ1) is 20.4. The molecule has 1 aromatic heterocycles. The van der Waals surface area contributed by atoms with E-state index < -0.39 is 11.0 Å². The maximum atomic E-state index is 14.0. The Morgan fingerprint density at radius 2 is 1.90 bits per heavy atom. The minimum Gasteiger partial charge on any atom is -0.493 e. The zero-order valence-corrected chi connectivity index (χ0v) is 24.0. The number of piperidine rings is 1. The lowest BCUT2D eigenvalue weighted by Gasteiger charge is -2.53. The molecule has 4 aliphatic rings. The van der Waals surface area contributed by atoms with E-state index in [2.05, 4.69) is 22.4 Å². The molecule has 2 amide bonds. The van der Waals surface area contributed by atoms with Crippen molar-refractivity contribution in [2.24, 2.45) is 5.41 Å². The van der Waals surface area contributed by atoms with Crippen LogP contribution in [0.1, 0.15) is 49.3 Å². The topological polar surface area (TPSA) is 99.9 Å². The summed E-state index contributed by atoms with van der Waals surface area (Å²) in [7, 11) is 0. The van der Waals surface area contributed by atoms with Gasteiger partial charge in [0.2, 0.25) is 0 Å². The van der Waals surface area contributed by atoms with Gasteiger partial charge in [-0.1, -0.05) is 55.3 Å². The van der Waals surface area contributed by atoms with Crippen LogP contribution in [-0.4, -0.2) is 75.4 Å². The van der Waals surface area contributed by atoms with Crippen molar-refractivity contribution in [1.82, 2.24) is 24.7 Å². The van der Waals surface area contributed by atoms with E-state index in [4.69, 9.17) is 4.74 Å². The third-order valence-electron chi connectivity index (χ3n) is 10.1. The van der Waals surface area contributed by atoms with E-state index in [1.54, 1.807) is 17.0 Å². The van der Waals surface area contributed by atoms with Gasteiger partial charge in [0, 0.05) is 56.2 Å². The molecule has 4 heterocycles. The van der Waals surface area contributed by atoms with Crippen molar-refractivity contribution in [3.8, 4) is 17.0 Å². The van der Waals surface area contributed by atoms with Crippen LogP contribution in [-0.2, 0) is 13.0 Å². The molecular weight excluding hydrogens is 530 g/mol. The first-order valence-corrected chi connectivity index (χ1v) is 15.3. The summed E-state index contributed by atoms with van der Waals surface area (Å²) >= 11 is 0. The van der Waals surface area contributed by atoms with E-state index in [0.29, 0.717) is 38.4 Å². The molecule has 9 nitrogen and oxygen atoms in total. The number of hydrogen-bond acceptors (Lipinski definition) is 6. The van der Waals surface area contributed by atoms with E-state index in [9.17, 15) is 14.7 Å². The van der Waals surface area contributed by atoms with Crippen molar-refractivity contribution in [3.05, 3.63) is 82.4 Å². The quantitative estimate of drug-likeness (QED) is 0.498. The fraction of sp³-hybridized carbons (Fsp3) is 0.485. The van der Waals surface area contributed by atoms with Gasteiger partial charge in [-0.2, -0.15) is 0 Å². The number of amides is 2. The molecule has 1 saturated carbocycles. The second kappa shape index (κ2) is 10.9. The zero-order valence-electron chi connectivity index (χ0n) is 24.0. The second-order valence-corrected chi connectivity index (χ2v) is 12.5. The van der Waals surface area contributed by atoms with Crippen molar-refractivity contribution < 1.29 is 14.6 Å². The Morgan fingerprint density at radius 3 is 2.71 bits per heavy atom. The molecule has 2 N–H and O–H groups in total. The summed E-state index contributed by atoms with van der Waals surface area (Å²) in [5, 5.41) is 15.7. The Bertz CT molecular complexity index is 1520. The number of benzene rings is 2. The molecule has 1 spiro atoms. The number of likely N-dealkylation sites (tertiary alicyclic amines) is 1. The van der Waals surface area contributed by atoms with Crippen LogP contribution in [0.5, 0.6) is 5.75 Å². The van der Waals surface area contributed by atoms with Gasteiger partial charge in [-0.3, -0.25) is 9.36 Å². The van der Waals surface area contributed by atoms with Crippen LogP contribution >= 0.6 is 0 Å². The normalized spacial score (nSPS) is 24.9. The predicted molar refractivity (Wildman–Crippen MR) is 159 cm³/mol. The summed E-state index contributed by atoms with van der Waals surface area (Å²) in [4.78, 5) is 35.9. The number of fused-ring (bicyclic) bond motifs is 1. The summed E-state index contributed by atoms with van der Waals surface area (Å²) in [6.45, 7) is 3.96. The lowest BCUT2D eigenvalue weighted by Crippen LogP contribution is -2.64. The van der Waals surface area contributed by atoms with E-state index in [1.807, 2.05) is 46.2 Å². The molecule has 42 heavy (non-hydrogen) atoms. The van der Waals surface area contributed by atoms with Gasteiger partial charge < -0.3 is 25.0 Å². The summed E-state index contributed by atoms with van der Waals surface area (Å²) < 4.78 is 7.24. The summed E-state index contributed by atoms with van der Waals surface area (Å²) in [5.74, 6) is 0.855. The Hall–Kier alpha value is -3.69. The highest BCUT2D eigenvalue weighted by atomic mass is 16.5. The zero-order chi connectivity index (χ0) is 28.7. The Balaban J connectivity index is 1.11. The number of aliphatic hydroxyl groups is 1. The molecule has 1 aliphatic carbocycles. The fourth-order valence-electron chi connectivity index (χ4n) is 7.66.